The van der Waals surface area contributed by atoms with Crippen molar-refractivity contribution >= 4 is 15.9 Å². The molecule has 1 fully saturated rings. The van der Waals surface area contributed by atoms with Crippen molar-refractivity contribution in [2.45, 2.75) is 25.9 Å². The van der Waals surface area contributed by atoms with Crippen molar-refractivity contribution in [3.05, 3.63) is 0 Å². The molecule has 1 saturated heterocycles. The zero-order valence-corrected chi connectivity index (χ0v) is 10.4. The van der Waals surface area contributed by atoms with Gasteiger partial charge in [0.15, 0.2) is 0 Å². The molecule has 0 aliphatic carbocycles. The molecule has 1 aliphatic rings. The highest BCUT2D eigenvalue weighted by Gasteiger charge is 2.33. The van der Waals surface area contributed by atoms with E-state index < -0.39 is 15.9 Å². The Morgan fingerprint density at radius 1 is 1.50 bits per heavy atom. The third kappa shape index (κ3) is 4.07. The molecule has 0 spiro atoms. The van der Waals surface area contributed by atoms with Crippen molar-refractivity contribution in [3.8, 4) is 0 Å². The molecule has 0 unspecified atom stereocenters. The van der Waals surface area contributed by atoms with Gasteiger partial charge in [-0.3, -0.25) is 9.52 Å². The van der Waals surface area contributed by atoms with E-state index in [0.717, 1.165) is 0 Å². The maximum absolute atomic E-state index is 11.3. The molecule has 0 aromatic heterocycles. The van der Waals surface area contributed by atoms with Crippen molar-refractivity contribution in [2.24, 2.45) is 0 Å². The highest BCUT2D eigenvalue weighted by atomic mass is 32.2. The normalized spacial score (nSPS) is 18.9. The lowest BCUT2D eigenvalue weighted by Crippen LogP contribution is -2.59. The van der Waals surface area contributed by atoms with Crippen LogP contribution >= 0.6 is 0 Å². The monoisotopic (exact) mass is 250 g/mol. The minimum absolute atomic E-state index is 0.0441. The summed E-state index contributed by atoms with van der Waals surface area (Å²) >= 11 is 0. The van der Waals surface area contributed by atoms with E-state index in [1.807, 2.05) is 11.6 Å². The summed E-state index contributed by atoms with van der Waals surface area (Å²) < 4.78 is 29.8. The Morgan fingerprint density at radius 3 is 2.56 bits per heavy atom. The lowest BCUT2D eigenvalue weighted by atomic mass is 10.0. The summed E-state index contributed by atoms with van der Waals surface area (Å²) in [5.41, 5.74) is -0.341. The van der Waals surface area contributed by atoms with Gasteiger partial charge in [0, 0.05) is 13.1 Å². The van der Waals surface area contributed by atoms with Gasteiger partial charge in [-0.1, -0.05) is 6.92 Å². The van der Waals surface area contributed by atoms with Gasteiger partial charge in [0.1, 0.15) is 6.61 Å². The van der Waals surface area contributed by atoms with Crippen LogP contribution in [0, 0.1) is 0 Å². The lowest BCUT2D eigenvalue weighted by Gasteiger charge is -2.38. The van der Waals surface area contributed by atoms with Crippen LogP contribution < -0.4 is 10.0 Å². The predicted octanol–water partition coefficient (Wildman–Crippen LogP) is -0.779. The molecule has 1 heterocycles. The average Bonchev–Trinajstić information content (AvgIpc) is 2.10. The van der Waals surface area contributed by atoms with Crippen LogP contribution in [0.4, 0.5) is 0 Å². The second-order valence-corrected chi connectivity index (χ2v) is 6.03. The zero-order valence-electron chi connectivity index (χ0n) is 9.58. The summed E-state index contributed by atoms with van der Waals surface area (Å²) in [5.74, 6) is -0.654. The summed E-state index contributed by atoms with van der Waals surface area (Å²) in [6.07, 6.45) is 0.477. The first kappa shape index (κ1) is 13.4. The summed E-state index contributed by atoms with van der Waals surface area (Å²) in [4.78, 5) is 11.3. The minimum Gasteiger partial charge on any atom is -0.363 e. The van der Waals surface area contributed by atoms with Crippen LogP contribution in [-0.4, -0.2) is 45.4 Å². The van der Waals surface area contributed by atoms with E-state index in [2.05, 4.69) is 5.32 Å². The van der Waals surface area contributed by atoms with Crippen LogP contribution in [0.2, 0.25) is 0 Å². The Bertz CT molecular complexity index is 349. The number of nitrogens with one attached hydrogen (secondary N) is 2. The minimum atomic E-state index is -3.48. The second-order valence-electron chi connectivity index (χ2n) is 4.19. The molecule has 1 rings (SSSR count). The third-order valence-corrected chi connectivity index (χ3v) is 3.78. The summed E-state index contributed by atoms with van der Waals surface area (Å²) in [5, 5.41) is 3.02. The van der Waals surface area contributed by atoms with E-state index in [9.17, 15) is 13.2 Å². The number of rotatable bonds is 6. The van der Waals surface area contributed by atoms with Crippen molar-refractivity contribution in [2.75, 3.05) is 25.4 Å². The molecule has 2 N–H and O–H groups in total. The number of hydrogen-bond donors (Lipinski definition) is 2. The maximum atomic E-state index is 11.3. The Labute approximate surface area is 95.8 Å². The van der Waals surface area contributed by atoms with E-state index >= 15 is 0 Å². The fraction of sp³-hybridized carbons (Fsp3) is 0.889. The van der Waals surface area contributed by atoms with E-state index in [1.54, 1.807) is 6.92 Å². The molecule has 1 amide bonds. The van der Waals surface area contributed by atoms with E-state index in [-0.39, 0.29) is 18.0 Å². The smallest absolute Gasteiger partial charge is 0.259 e. The van der Waals surface area contributed by atoms with Crippen LogP contribution in [0.1, 0.15) is 20.3 Å². The number of hydrogen-bond acceptors (Lipinski definition) is 5. The first-order chi connectivity index (χ1) is 7.37. The summed E-state index contributed by atoms with van der Waals surface area (Å²) in [6, 6.07) is 0. The topological polar surface area (TPSA) is 84.5 Å². The molecular formula is C9H18N2O4S. The molecular weight excluding hydrogens is 232 g/mol. The number of carbonyl (C=O) groups is 1. The van der Waals surface area contributed by atoms with Crippen molar-refractivity contribution in [1.82, 2.24) is 10.0 Å². The summed E-state index contributed by atoms with van der Waals surface area (Å²) in [6.45, 7) is 4.75. The SMILES string of the molecule is CCCS(=O)(=O)NC(=O)COC1(C)CNC1. The Morgan fingerprint density at radius 2 is 2.12 bits per heavy atom. The van der Waals surface area contributed by atoms with Gasteiger partial charge in [-0.2, -0.15) is 0 Å². The summed E-state index contributed by atoms with van der Waals surface area (Å²) in [7, 11) is -3.48. The second kappa shape index (κ2) is 5.11. The van der Waals surface area contributed by atoms with Gasteiger partial charge < -0.3 is 10.1 Å². The molecule has 1 aliphatic heterocycles. The van der Waals surface area contributed by atoms with Crippen LogP contribution in [0.5, 0.6) is 0 Å². The Hall–Kier alpha value is -0.660. The molecule has 0 aromatic carbocycles. The molecule has 94 valence electrons. The van der Waals surface area contributed by atoms with Gasteiger partial charge in [-0.15, -0.1) is 0 Å². The molecule has 0 saturated carbocycles. The van der Waals surface area contributed by atoms with E-state index in [4.69, 9.17) is 4.74 Å². The third-order valence-electron chi connectivity index (χ3n) is 2.29. The number of carbonyl (C=O) groups excluding carboxylic acids is 1. The maximum Gasteiger partial charge on any atom is 0.259 e. The van der Waals surface area contributed by atoms with Gasteiger partial charge in [0.25, 0.3) is 5.91 Å². The Kier molecular flexibility index (Phi) is 4.28. The van der Waals surface area contributed by atoms with Crippen LogP contribution in [-0.2, 0) is 19.6 Å². The van der Waals surface area contributed by atoms with Crippen molar-refractivity contribution < 1.29 is 17.9 Å². The van der Waals surface area contributed by atoms with Crippen LogP contribution in [0.15, 0.2) is 0 Å². The zero-order chi connectivity index (χ0) is 12.2. The number of sulfonamides is 1. The molecule has 7 heteroatoms. The first-order valence-corrected chi connectivity index (χ1v) is 6.90. The van der Waals surface area contributed by atoms with Crippen LogP contribution in [0.3, 0.4) is 0 Å². The highest BCUT2D eigenvalue weighted by Crippen LogP contribution is 2.14. The standard InChI is InChI=1S/C9H18N2O4S/c1-3-4-16(13,14)11-8(12)5-15-9(2)6-10-7-9/h10H,3-7H2,1-2H3,(H,11,12). The van der Waals surface area contributed by atoms with Gasteiger partial charge in [0.2, 0.25) is 10.0 Å². The average molecular weight is 250 g/mol. The fourth-order valence-electron chi connectivity index (χ4n) is 1.34. The lowest BCUT2D eigenvalue weighted by molar-refractivity contribution is -0.134. The first-order valence-electron chi connectivity index (χ1n) is 5.25. The van der Waals surface area contributed by atoms with E-state index in [0.29, 0.717) is 19.5 Å². The van der Waals surface area contributed by atoms with Gasteiger partial charge >= 0.3 is 0 Å². The van der Waals surface area contributed by atoms with Crippen molar-refractivity contribution in [3.63, 3.8) is 0 Å². The van der Waals surface area contributed by atoms with Gasteiger partial charge in [0.05, 0.1) is 11.4 Å². The van der Waals surface area contributed by atoms with E-state index in [1.165, 1.54) is 0 Å². The number of ether oxygens (including phenoxy) is 1. The molecule has 0 atom stereocenters. The van der Waals surface area contributed by atoms with Crippen LogP contribution in [0.25, 0.3) is 0 Å². The Balaban J connectivity index is 2.30. The fourth-order valence-corrected chi connectivity index (χ4v) is 2.39. The molecule has 6 nitrogen and oxygen atoms in total. The molecule has 0 radical (unpaired) electrons. The molecule has 0 aromatic rings. The molecule has 16 heavy (non-hydrogen) atoms. The predicted molar refractivity (Wildman–Crippen MR) is 59.4 cm³/mol. The highest BCUT2D eigenvalue weighted by molar-refractivity contribution is 7.90. The largest absolute Gasteiger partial charge is 0.363 e. The van der Waals surface area contributed by atoms with Crippen molar-refractivity contribution in [1.29, 1.82) is 0 Å². The van der Waals surface area contributed by atoms with Gasteiger partial charge in [-0.25, -0.2) is 8.42 Å². The quantitative estimate of drug-likeness (QED) is 0.646. The van der Waals surface area contributed by atoms with Gasteiger partial charge in [-0.05, 0) is 13.3 Å². The molecule has 0 bridgehead atoms. The number of amides is 1.